The Balaban J connectivity index is 3.56. The Morgan fingerprint density at radius 1 is 1.31 bits per heavy atom. The molecule has 0 amide bonds. The third-order valence-electron chi connectivity index (χ3n) is 2.60. The molecule has 0 aromatic rings. The highest BCUT2D eigenvalue weighted by molar-refractivity contribution is 5.49. The average molecular weight is 182 g/mol. The summed E-state index contributed by atoms with van der Waals surface area (Å²) in [6.07, 6.45) is 5.31. The van der Waals surface area contributed by atoms with Crippen LogP contribution in [0.25, 0.3) is 0 Å². The lowest BCUT2D eigenvalue weighted by Gasteiger charge is -2.08. The molecule has 1 heteroatoms. The van der Waals surface area contributed by atoms with Crippen LogP contribution in [-0.4, -0.2) is 6.29 Å². The molecule has 0 aromatic heterocycles. The molecule has 0 rings (SSSR count). The molecule has 0 N–H and O–H groups in total. The Morgan fingerprint density at radius 3 is 2.38 bits per heavy atom. The lowest BCUT2D eigenvalue weighted by molar-refractivity contribution is -0.108. The maximum Gasteiger partial charge on any atom is 0.120 e. The number of carbonyl (C=O) groups is 1. The Labute approximate surface area is 82.2 Å². The molecule has 0 heterocycles. The highest BCUT2D eigenvalue weighted by Gasteiger charge is 2.01. The van der Waals surface area contributed by atoms with Crippen LogP contribution >= 0.6 is 0 Å². The van der Waals surface area contributed by atoms with Crippen LogP contribution in [0.15, 0.2) is 11.1 Å². The minimum absolute atomic E-state index is 0.558. The average Bonchev–Trinajstić information content (AvgIpc) is 2.04. The molecule has 13 heavy (non-hydrogen) atoms. The van der Waals surface area contributed by atoms with E-state index in [9.17, 15) is 4.79 Å². The molecule has 0 saturated carbocycles. The van der Waals surface area contributed by atoms with Crippen molar-refractivity contribution in [3.63, 3.8) is 0 Å². The van der Waals surface area contributed by atoms with E-state index >= 15 is 0 Å². The predicted molar refractivity (Wildman–Crippen MR) is 57.7 cm³/mol. The van der Waals surface area contributed by atoms with Crippen molar-refractivity contribution in [1.82, 2.24) is 0 Å². The van der Waals surface area contributed by atoms with Crippen molar-refractivity contribution >= 4 is 6.29 Å². The lowest BCUT2D eigenvalue weighted by atomic mass is 9.98. The quantitative estimate of drug-likeness (QED) is 0.452. The van der Waals surface area contributed by atoms with Gasteiger partial charge in [-0.05, 0) is 46.0 Å². The number of rotatable bonds is 6. The summed E-state index contributed by atoms with van der Waals surface area (Å²) in [6.45, 7) is 8.65. The summed E-state index contributed by atoms with van der Waals surface area (Å²) in [5.41, 5.74) is 2.93. The molecule has 0 saturated heterocycles. The van der Waals surface area contributed by atoms with E-state index in [-0.39, 0.29) is 0 Å². The Morgan fingerprint density at radius 2 is 1.92 bits per heavy atom. The van der Waals surface area contributed by atoms with E-state index in [1.807, 2.05) is 0 Å². The molecule has 1 atom stereocenters. The molecule has 0 spiro atoms. The summed E-state index contributed by atoms with van der Waals surface area (Å²) in [4.78, 5) is 10.2. The van der Waals surface area contributed by atoms with Gasteiger partial charge in [0.15, 0.2) is 0 Å². The van der Waals surface area contributed by atoms with Crippen molar-refractivity contribution in [2.24, 2.45) is 5.92 Å². The largest absolute Gasteiger partial charge is 0.303 e. The first kappa shape index (κ1) is 12.4. The lowest BCUT2D eigenvalue weighted by Crippen LogP contribution is -1.95. The van der Waals surface area contributed by atoms with Gasteiger partial charge in [0.2, 0.25) is 0 Å². The number of hydrogen-bond donors (Lipinski definition) is 0. The van der Waals surface area contributed by atoms with Gasteiger partial charge in [-0.1, -0.05) is 18.1 Å². The van der Waals surface area contributed by atoms with E-state index in [0.717, 1.165) is 6.29 Å². The Bertz CT molecular complexity index is 176. The second-order valence-corrected chi connectivity index (χ2v) is 4.18. The predicted octanol–water partition coefficient (Wildman–Crippen LogP) is 3.74. The highest BCUT2D eigenvalue weighted by Crippen LogP contribution is 2.15. The topological polar surface area (TPSA) is 17.1 Å². The van der Waals surface area contributed by atoms with Crippen LogP contribution in [0.2, 0.25) is 0 Å². The smallest absolute Gasteiger partial charge is 0.120 e. The van der Waals surface area contributed by atoms with Crippen molar-refractivity contribution < 1.29 is 4.79 Å². The molecule has 0 bridgehead atoms. The zero-order valence-electron chi connectivity index (χ0n) is 9.39. The third-order valence-corrected chi connectivity index (χ3v) is 2.60. The van der Waals surface area contributed by atoms with Crippen LogP contribution in [0.4, 0.5) is 0 Å². The van der Waals surface area contributed by atoms with Gasteiger partial charge >= 0.3 is 0 Å². The van der Waals surface area contributed by atoms with E-state index in [4.69, 9.17) is 0 Å². The van der Waals surface area contributed by atoms with Gasteiger partial charge < -0.3 is 4.79 Å². The van der Waals surface area contributed by atoms with Crippen LogP contribution in [0.1, 0.15) is 53.4 Å². The molecule has 0 aliphatic rings. The molecular formula is C12H22O. The summed E-state index contributed by atoms with van der Waals surface area (Å²) >= 11 is 0. The van der Waals surface area contributed by atoms with Crippen LogP contribution in [0.3, 0.4) is 0 Å². The SMILES string of the molecule is CC(C)=C(C)CCCC(C)CC=O. The van der Waals surface area contributed by atoms with Crippen LogP contribution in [0.5, 0.6) is 0 Å². The zero-order chi connectivity index (χ0) is 10.3. The van der Waals surface area contributed by atoms with Crippen molar-refractivity contribution in [3.8, 4) is 0 Å². The van der Waals surface area contributed by atoms with E-state index in [0.29, 0.717) is 12.3 Å². The van der Waals surface area contributed by atoms with Gasteiger partial charge in [-0.25, -0.2) is 0 Å². The van der Waals surface area contributed by atoms with E-state index in [1.165, 1.54) is 30.4 Å². The normalized spacial score (nSPS) is 12.3. The van der Waals surface area contributed by atoms with Crippen LogP contribution in [0, 0.1) is 5.92 Å². The minimum atomic E-state index is 0.558. The first-order valence-electron chi connectivity index (χ1n) is 5.14. The van der Waals surface area contributed by atoms with E-state index in [1.54, 1.807) is 0 Å². The molecule has 0 aliphatic heterocycles. The second kappa shape index (κ2) is 6.88. The van der Waals surface area contributed by atoms with Crippen molar-refractivity contribution in [2.45, 2.75) is 53.4 Å². The molecule has 0 radical (unpaired) electrons. The highest BCUT2D eigenvalue weighted by atomic mass is 16.1. The molecule has 0 aromatic carbocycles. The van der Waals surface area contributed by atoms with Gasteiger partial charge in [-0.2, -0.15) is 0 Å². The van der Waals surface area contributed by atoms with Gasteiger partial charge in [0.1, 0.15) is 6.29 Å². The summed E-state index contributed by atoms with van der Waals surface area (Å²) < 4.78 is 0. The summed E-state index contributed by atoms with van der Waals surface area (Å²) in [7, 11) is 0. The van der Waals surface area contributed by atoms with Gasteiger partial charge in [-0.3, -0.25) is 0 Å². The monoisotopic (exact) mass is 182 g/mol. The fourth-order valence-electron chi connectivity index (χ4n) is 1.25. The second-order valence-electron chi connectivity index (χ2n) is 4.18. The molecular weight excluding hydrogens is 160 g/mol. The van der Waals surface area contributed by atoms with Crippen LogP contribution in [-0.2, 0) is 4.79 Å². The number of aldehydes is 1. The van der Waals surface area contributed by atoms with Gasteiger partial charge in [-0.15, -0.1) is 0 Å². The number of allylic oxidation sites excluding steroid dienone is 2. The summed E-state index contributed by atoms with van der Waals surface area (Å²) in [5, 5.41) is 0. The van der Waals surface area contributed by atoms with Gasteiger partial charge in [0.05, 0.1) is 0 Å². The molecule has 1 nitrogen and oxygen atoms in total. The maximum atomic E-state index is 10.2. The Hall–Kier alpha value is -0.590. The van der Waals surface area contributed by atoms with Crippen molar-refractivity contribution in [2.75, 3.05) is 0 Å². The molecule has 76 valence electrons. The molecule has 0 aliphatic carbocycles. The van der Waals surface area contributed by atoms with Gasteiger partial charge in [0, 0.05) is 6.42 Å². The van der Waals surface area contributed by atoms with Crippen LogP contribution < -0.4 is 0 Å². The minimum Gasteiger partial charge on any atom is -0.303 e. The zero-order valence-corrected chi connectivity index (χ0v) is 9.39. The summed E-state index contributed by atoms with van der Waals surface area (Å²) in [6, 6.07) is 0. The fraction of sp³-hybridized carbons (Fsp3) is 0.750. The first-order valence-corrected chi connectivity index (χ1v) is 5.14. The van der Waals surface area contributed by atoms with E-state index < -0.39 is 0 Å². The maximum absolute atomic E-state index is 10.2. The summed E-state index contributed by atoms with van der Waals surface area (Å²) in [5.74, 6) is 0.558. The van der Waals surface area contributed by atoms with Crippen molar-refractivity contribution in [1.29, 1.82) is 0 Å². The van der Waals surface area contributed by atoms with Crippen molar-refractivity contribution in [3.05, 3.63) is 11.1 Å². The third kappa shape index (κ3) is 6.56. The standard InChI is InChI=1S/C12H22O/c1-10(2)12(4)7-5-6-11(3)8-9-13/h9,11H,5-8H2,1-4H3. The number of hydrogen-bond acceptors (Lipinski definition) is 1. The Kier molecular flexibility index (Phi) is 6.56. The fourth-order valence-corrected chi connectivity index (χ4v) is 1.25. The van der Waals surface area contributed by atoms with E-state index in [2.05, 4.69) is 27.7 Å². The number of carbonyl (C=O) groups excluding carboxylic acids is 1. The van der Waals surface area contributed by atoms with Gasteiger partial charge in [0.25, 0.3) is 0 Å². The first-order chi connectivity index (χ1) is 6.07. The molecule has 0 fully saturated rings. The molecule has 1 unspecified atom stereocenters.